The van der Waals surface area contributed by atoms with Gasteiger partial charge in [-0.25, -0.2) is 17.7 Å². The predicted molar refractivity (Wildman–Crippen MR) is 115 cm³/mol. The van der Waals surface area contributed by atoms with Gasteiger partial charge in [0.1, 0.15) is 5.82 Å². The SMILES string of the molecule is Cc1cc(Nc2ccc(NC(=O)Cc3ccc[nH]3)cc2)nc(N2CCCS2(=O)=O)n1. The Balaban J connectivity index is 1.44. The molecule has 0 atom stereocenters. The molecule has 0 spiro atoms. The molecule has 0 unspecified atom stereocenters. The number of sulfonamides is 1. The summed E-state index contributed by atoms with van der Waals surface area (Å²) in [6, 6.07) is 12.7. The third-order valence-electron chi connectivity index (χ3n) is 4.62. The Morgan fingerprint density at radius 2 is 1.93 bits per heavy atom. The fraction of sp³-hybridized carbons (Fsp3) is 0.250. The van der Waals surface area contributed by atoms with E-state index in [4.69, 9.17) is 0 Å². The summed E-state index contributed by atoms with van der Waals surface area (Å²) in [7, 11) is -3.34. The number of H-pyrrole nitrogens is 1. The van der Waals surface area contributed by atoms with Crippen LogP contribution in [0.25, 0.3) is 0 Å². The van der Waals surface area contributed by atoms with E-state index in [-0.39, 0.29) is 24.0 Å². The monoisotopic (exact) mass is 426 g/mol. The fourth-order valence-electron chi connectivity index (χ4n) is 3.23. The molecule has 1 aliphatic rings. The highest BCUT2D eigenvalue weighted by atomic mass is 32.2. The maximum atomic E-state index is 12.2. The van der Waals surface area contributed by atoms with Crippen molar-refractivity contribution in [3.8, 4) is 0 Å². The highest BCUT2D eigenvalue weighted by Gasteiger charge is 2.30. The zero-order chi connectivity index (χ0) is 21.1. The minimum Gasteiger partial charge on any atom is -0.365 e. The molecule has 1 aromatic carbocycles. The first-order chi connectivity index (χ1) is 14.4. The van der Waals surface area contributed by atoms with Gasteiger partial charge >= 0.3 is 0 Å². The third-order valence-corrected chi connectivity index (χ3v) is 6.44. The minimum absolute atomic E-state index is 0.110. The molecular formula is C20H22N6O3S. The number of nitrogens with one attached hydrogen (secondary N) is 3. The molecule has 30 heavy (non-hydrogen) atoms. The summed E-state index contributed by atoms with van der Waals surface area (Å²) < 4.78 is 25.6. The smallest absolute Gasteiger partial charge is 0.241 e. The standard InChI is InChI=1S/C20H22N6O3S/c1-14-12-18(25-20(22-14)26-10-3-11-30(26,28)29)23-15-5-7-16(8-6-15)24-19(27)13-17-4-2-9-21-17/h2,4-9,12,21H,3,10-11,13H2,1H3,(H,24,27)(H,22,23,25). The molecule has 10 heteroatoms. The summed E-state index contributed by atoms with van der Waals surface area (Å²) >= 11 is 0. The van der Waals surface area contributed by atoms with E-state index in [1.54, 1.807) is 31.3 Å². The Morgan fingerprint density at radius 3 is 2.60 bits per heavy atom. The molecule has 0 bridgehead atoms. The number of amides is 1. The number of hydrogen-bond acceptors (Lipinski definition) is 6. The average molecular weight is 427 g/mol. The molecule has 0 aliphatic carbocycles. The van der Waals surface area contributed by atoms with E-state index < -0.39 is 10.0 Å². The number of rotatable bonds is 6. The number of benzene rings is 1. The Bertz CT molecular complexity index is 1140. The Labute approximate surface area is 174 Å². The van der Waals surface area contributed by atoms with Crippen LogP contribution in [-0.2, 0) is 21.2 Å². The lowest BCUT2D eigenvalue weighted by Gasteiger charge is -2.16. The number of carbonyl (C=O) groups is 1. The molecule has 1 amide bonds. The fourth-order valence-corrected chi connectivity index (χ4v) is 4.69. The van der Waals surface area contributed by atoms with E-state index in [1.807, 2.05) is 24.3 Å². The summed E-state index contributed by atoms with van der Waals surface area (Å²) in [4.78, 5) is 23.7. The van der Waals surface area contributed by atoms with E-state index in [9.17, 15) is 13.2 Å². The van der Waals surface area contributed by atoms with Crippen LogP contribution in [0.3, 0.4) is 0 Å². The molecule has 9 nitrogen and oxygen atoms in total. The number of carbonyl (C=O) groups excluding carboxylic acids is 1. The van der Waals surface area contributed by atoms with Gasteiger partial charge in [0.05, 0.1) is 12.2 Å². The maximum absolute atomic E-state index is 12.2. The third kappa shape index (κ3) is 4.60. The van der Waals surface area contributed by atoms with Gasteiger partial charge < -0.3 is 15.6 Å². The topological polar surface area (TPSA) is 120 Å². The van der Waals surface area contributed by atoms with Gasteiger partial charge in [0.15, 0.2) is 0 Å². The van der Waals surface area contributed by atoms with Gasteiger partial charge in [-0.3, -0.25) is 4.79 Å². The molecule has 2 aromatic heterocycles. The van der Waals surface area contributed by atoms with Crippen LogP contribution in [0.4, 0.5) is 23.1 Å². The summed E-state index contributed by atoms with van der Waals surface area (Å²) in [6.45, 7) is 2.18. The highest BCUT2D eigenvalue weighted by Crippen LogP contribution is 2.24. The van der Waals surface area contributed by atoms with Crippen LogP contribution in [0.1, 0.15) is 17.8 Å². The normalized spacial score (nSPS) is 15.2. The van der Waals surface area contributed by atoms with Gasteiger partial charge in [0.2, 0.25) is 21.9 Å². The van der Waals surface area contributed by atoms with Crippen LogP contribution >= 0.6 is 0 Å². The first-order valence-corrected chi connectivity index (χ1v) is 11.2. The first kappa shape index (κ1) is 19.9. The first-order valence-electron chi connectivity index (χ1n) is 9.54. The lowest BCUT2D eigenvalue weighted by molar-refractivity contribution is -0.115. The van der Waals surface area contributed by atoms with Crippen LogP contribution in [0.15, 0.2) is 48.7 Å². The summed E-state index contributed by atoms with van der Waals surface area (Å²) in [5.41, 5.74) is 2.95. The van der Waals surface area contributed by atoms with E-state index in [1.165, 1.54) is 4.31 Å². The zero-order valence-corrected chi connectivity index (χ0v) is 17.2. The summed E-state index contributed by atoms with van der Waals surface area (Å²) in [6.07, 6.45) is 2.62. The van der Waals surface area contributed by atoms with Gasteiger partial charge in [-0.1, -0.05) is 0 Å². The Morgan fingerprint density at radius 1 is 1.17 bits per heavy atom. The molecule has 1 aliphatic heterocycles. The highest BCUT2D eigenvalue weighted by molar-refractivity contribution is 7.93. The molecular weight excluding hydrogens is 404 g/mol. The molecule has 3 aromatic rings. The largest absolute Gasteiger partial charge is 0.365 e. The van der Waals surface area contributed by atoms with Crippen molar-refractivity contribution < 1.29 is 13.2 Å². The van der Waals surface area contributed by atoms with Gasteiger partial charge in [0.25, 0.3) is 0 Å². The number of aromatic amines is 1. The van der Waals surface area contributed by atoms with Gasteiger partial charge in [-0.15, -0.1) is 0 Å². The second-order valence-electron chi connectivity index (χ2n) is 7.06. The van der Waals surface area contributed by atoms with Crippen molar-refractivity contribution in [1.82, 2.24) is 15.0 Å². The van der Waals surface area contributed by atoms with Crippen LogP contribution in [0.2, 0.25) is 0 Å². The summed E-state index contributed by atoms with van der Waals surface area (Å²) in [5, 5.41) is 6.01. The lowest BCUT2D eigenvalue weighted by atomic mass is 10.2. The molecule has 4 rings (SSSR count). The van der Waals surface area contributed by atoms with Gasteiger partial charge in [-0.2, -0.15) is 4.98 Å². The molecule has 3 N–H and O–H groups in total. The van der Waals surface area contributed by atoms with E-state index >= 15 is 0 Å². The number of aryl methyl sites for hydroxylation is 1. The second-order valence-corrected chi connectivity index (χ2v) is 9.07. The number of hydrogen-bond donors (Lipinski definition) is 3. The molecule has 1 fully saturated rings. The summed E-state index contributed by atoms with van der Waals surface area (Å²) in [5.74, 6) is 0.691. The van der Waals surface area contributed by atoms with Crippen molar-refractivity contribution >= 4 is 39.1 Å². The van der Waals surface area contributed by atoms with Crippen molar-refractivity contribution in [2.75, 3.05) is 27.2 Å². The zero-order valence-electron chi connectivity index (χ0n) is 16.4. The van der Waals surface area contributed by atoms with Crippen LogP contribution < -0.4 is 14.9 Å². The molecule has 0 radical (unpaired) electrons. The molecule has 0 saturated carbocycles. The van der Waals surface area contributed by atoms with Crippen molar-refractivity contribution in [2.45, 2.75) is 19.8 Å². The maximum Gasteiger partial charge on any atom is 0.241 e. The van der Waals surface area contributed by atoms with Crippen molar-refractivity contribution in [3.05, 3.63) is 60.0 Å². The van der Waals surface area contributed by atoms with Gasteiger partial charge in [-0.05, 0) is 49.7 Å². The minimum atomic E-state index is -3.34. The van der Waals surface area contributed by atoms with Crippen molar-refractivity contribution in [2.24, 2.45) is 0 Å². The van der Waals surface area contributed by atoms with Crippen LogP contribution in [0, 0.1) is 6.92 Å². The van der Waals surface area contributed by atoms with Crippen LogP contribution in [0.5, 0.6) is 0 Å². The quantitative estimate of drug-likeness (QED) is 0.557. The van der Waals surface area contributed by atoms with Crippen LogP contribution in [-0.4, -0.2) is 41.6 Å². The Kier molecular flexibility index (Phi) is 5.40. The van der Waals surface area contributed by atoms with Crippen molar-refractivity contribution in [1.29, 1.82) is 0 Å². The molecule has 1 saturated heterocycles. The number of anilines is 4. The second kappa shape index (κ2) is 8.15. The average Bonchev–Trinajstić information content (AvgIpc) is 3.31. The van der Waals surface area contributed by atoms with E-state index in [0.29, 0.717) is 30.2 Å². The number of aromatic nitrogens is 3. The molecule has 3 heterocycles. The van der Waals surface area contributed by atoms with E-state index in [0.717, 1.165) is 11.4 Å². The van der Waals surface area contributed by atoms with Gasteiger partial charge in [0, 0.05) is 41.6 Å². The number of nitrogens with zero attached hydrogens (tertiary/aromatic N) is 3. The van der Waals surface area contributed by atoms with Crippen molar-refractivity contribution in [3.63, 3.8) is 0 Å². The molecule has 156 valence electrons. The van der Waals surface area contributed by atoms with E-state index in [2.05, 4.69) is 25.6 Å². The predicted octanol–water partition coefficient (Wildman–Crippen LogP) is 2.58. The Hall–Kier alpha value is -3.40. The lowest BCUT2D eigenvalue weighted by Crippen LogP contribution is -2.27.